The minimum absolute atomic E-state index is 0.0622. The van der Waals surface area contributed by atoms with E-state index in [0.717, 1.165) is 35.2 Å². The summed E-state index contributed by atoms with van der Waals surface area (Å²) in [6.07, 6.45) is 6.27. The summed E-state index contributed by atoms with van der Waals surface area (Å²) in [5.41, 5.74) is 1.91. The molecule has 0 atom stereocenters. The van der Waals surface area contributed by atoms with Crippen LogP contribution in [-0.2, 0) is 24.1 Å². The van der Waals surface area contributed by atoms with Gasteiger partial charge in [0.15, 0.2) is 0 Å². The Kier molecular flexibility index (Phi) is 4.84. The number of H-pyrrole nitrogens is 1. The normalized spacial score (nSPS) is 14.0. The second-order valence-electron chi connectivity index (χ2n) is 6.67. The summed E-state index contributed by atoms with van der Waals surface area (Å²) in [4.78, 5) is 34.3. The van der Waals surface area contributed by atoms with Crippen LogP contribution in [0.4, 0.5) is 5.69 Å². The lowest BCUT2D eigenvalue weighted by molar-refractivity contribution is -0.116. The van der Waals surface area contributed by atoms with Gasteiger partial charge in [-0.05, 0) is 43.4 Å². The summed E-state index contributed by atoms with van der Waals surface area (Å²) < 4.78 is 0. The molecule has 1 aromatic carbocycles. The first-order valence-electron chi connectivity index (χ1n) is 9.09. The highest BCUT2D eigenvalue weighted by atomic mass is 32.1. The maximum Gasteiger partial charge on any atom is 0.259 e. The lowest BCUT2D eigenvalue weighted by atomic mass is 10.1. The number of nitrogens with zero attached hydrogens (tertiary/aromatic N) is 1. The lowest BCUT2D eigenvalue weighted by Gasteiger charge is -2.05. The summed E-state index contributed by atoms with van der Waals surface area (Å²) in [5.74, 6) is 0.503. The molecule has 0 bridgehead atoms. The van der Waals surface area contributed by atoms with E-state index >= 15 is 0 Å². The van der Waals surface area contributed by atoms with Crippen molar-refractivity contribution in [2.75, 3.05) is 5.32 Å². The van der Waals surface area contributed by atoms with Gasteiger partial charge in [0.2, 0.25) is 5.91 Å². The Morgan fingerprint density at radius 3 is 2.81 bits per heavy atom. The SMILES string of the molecule is O=C(CCc1nc2sc3c(c2c(=O)[nH]1)CCCCC3)Nc1ccccc1. The first-order valence-corrected chi connectivity index (χ1v) is 9.91. The average molecular weight is 367 g/mol. The fourth-order valence-electron chi connectivity index (χ4n) is 3.48. The zero-order valence-corrected chi connectivity index (χ0v) is 15.3. The quantitative estimate of drug-likeness (QED) is 0.688. The van der Waals surface area contributed by atoms with Crippen LogP contribution in [0.1, 0.15) is 41.9 Å². The molecule has 0 aliphatic heterocycles. The van der Waals surface area contributed by atoms with E-state index in [-0.39, 0.29) is 17.9 Å². The lowest BCUT2D eigenvalue weighted by Crippen LogP contribution is -2.16. The average Bonchev–Trinajstić information content (AvgIpc) is 2.83. The van der Waals surface area contributed by atoms with Crippen molar-refractivity contribution in [3.05, 3.63) is 57.0 Å². The van der Waals surface area contributed by atoms with E-state index < -0.39 is 0 Å². The van der Waals surface area contributed by atoms with Crippen molar-refractivity contribution >= 4 is 33.1 Å². The first-order chi connectivity index (χ1) is 12.7. The first kappa shape index (κ1) is 17.0. The van der Waals surface area contributed by atoms with E-state index in [1.54, 1.807) is 11.3 Å². The molecule has 0 saturated carbocycles. The number of hydrogen-bond donors (Lipinski definition) is 2. The van der Waals surface area contributed by atoms with Gasteiger partial charge in [0.1, 0.15) is 10.7 Å². The third kappa shape index (κ3) is 3.55. The highest BCUT2D eigenvalue weighted by Crippen LogP contribution is 2.32. The molecule has 26 heavy (non-hydrogen) atoms. The van der Waals surface area contributed by atoms with Gasteiger partial charge in [-0.3, -0.25) is 9.59 Å². The van der Waals surface area contributed by atoms with Crippen LogP contribution < -0.4 is 10.9 Å². The second-order valence-corrected chi connectivity index (χ2v) is 7.76. The zero-order chi connectivity index (χ0) is 17.9. The van der Waals surface area contributed by atoms with Crippen LogP contribution in [0.5, 0.6) is 0 Å². The molecule has 1 amide bonds. The van der Waals surface area contributed by atoms with Crippen LogP contribution >= 0.6 is 11.3 Å². The number of aryl methyl sites for hydroxylation is 3. The molecule has 2 N–H and O–H groups in total. The van der Waals surface area contributed by atoms with E-state index in [1.807, 2.05) is 30.3 Å². The number of para-hydroxylation sites is 1. The second kappa shape index (κ2) is 7.41. The smallest absolute Gasteiger partial charge is 0.259 e. The Morgan fingerprint density at radius 1 is 1.15 bits per heavy atom. The van der Waals surface area contributed by atoms with Gasteiger partial charge in [0.05, 0.1) is 5.39 Å². The van der Waals surface area contributed by atoms with Crippen LogP contribution in [-0.4, -0.2) is 15.9 Å². The number of aromatic nitrogens is 2. The molecule has 0 unspecified atom stereocenters. The number of anilines is 1. The van der Waals surface area contributed by atoms with Gasteiger partial charge >= 0.3 is 0 Å². The van der Waals surface area contributed by atoms with Crippen molar-refractivity contribution in [1.82, 2.24) is 9.97 Å². The number of carbonyl (C=O) groups excluding carboxylic acids is 1. The molecule has 6 heteroatoms. The number of carbonyl (C=O) groups is 1. The Hall–Kier alpha value is -2.47. The molecule has 0 fully saturated rings. The van der Waals surface area contributed by atoms with E-state index in [1.165, 1.54) is 23.3 Å². The predicted molar refractivity (Wildman–Crippen MR) is 105 cm³/mol. The summed E-state index contributed by atoms with van der Waals surface area (Å²) in [7, 11) is 0. The summed E-state index contributed by atoms with van der Waals surface area (Å²) >= 11 is 1.65. The Bertz CT molecular complexity index is 991. The zero-order valence-electron chi connectivity index (χ0n) is 14.5. The third-order valence-corrected chi connectivity index (χ3v) is 5.96. The van der Waals surface area contributed by atoms with Gasteiger partial charge in [-0.25, -0.2) is 4.98 Å². The molecule has 0 spiro atoms. The number of amides is 1. The molecule has 134 valence electrons. The van der Waals surface area contributed by atoms with Crippen molar-refractivity contribution in [3.8, 4) is 0 Å². The predicted octanol–water partition coefficient (Wildman–Crippen LogP) is 3.82. The molecular formula is C20H21N3O2S. The highest BCUT2D eigenvalue weighted by Gasteiger charge is 2.19. The number of hydrogen-bond acceptors (Lipinski definition) is 4. The molecule has 1 aliphatic rings. The van der Waals surface area contributed by atoms with Gasteiger partial charge in [-0.1, -0.05) is 24.6 Å². The molecule has 0 saturated heterocycles. The van der Waals surface area contributed by atoms with Crippen molar-refractivity contribution in [3.63, 3.8) is 0 Å². The molecule has 4 rings (SSSR count). The van der Waals surface area contributed by atoms with Crippen LogP contribution in [0.15, 0.2) is 35.1 Å². The summed E-state index contributed by atoms with van der Waals surface area (Å²) in [6, 6.07) is 9.36. The summed E-state index contributed by atoms with van der Waals surface area (Å²) in [5, 5.41) is 3.62. The Labute approximate surface area is 155 Å². The molecule has 2 heterocycles. The van der Waals surface area contributed by atoms with Crippen molar-refractivity contribution in [2.24, 2.45) is 0 Å². The number of fused-ring (bicyclic) bond motifs is 3. The highest BCUT2D eigenvalue weighted by molar-refractivity contribution is 7.18. The summed E-state index contributed by atoms with van der Waals surface area (Å²) in [6.45, 7) is 0. The van der Waals surface area contributed by atoms with Crippen molar-refractivity contribution in [1.29, 1.82) is 0 Å². The fraction of sp³-hybridized carbons (Fsp3) is 0.350. The largest absolute Gasteiger partial charge is 0.326 e. The molecule has 1 aliphatic carbocycles. The van der Waals surface area contributed by atoms with Crippen molar-refractivity contribution < 1.29 is 4.79 Å². The number of nitrogens with one attached hydrogen (secondary N) is 2. The molecule has 3 aromatic rings. The molecule has 5 nitrogen and oxygen atoms in total. The van der Waals surface area contributed by atoms with Crippen LogP contribution in [0.25, 0.3) is 10.2 Å². The maximum absolute atomic E-state index is 12.6. The minimum Gasteiger partial charge on any atom is -0.326 e. The van der Waals surface area contributed by atoms with Crippen LogP contribution in [0.2, 0.25) is 0 Å². The van der Waals surface area contributed by atoms with E-state index in [2.05, 4.69) is 15.3 Å². The Morgan fingerprint density at radius 2 is 1.96 bits per heavy atom. The number of thiophene rings is 1. The number of aromatic amines is 1. The number of benzene rings is 1. The molecular weight excluding hydrogens is 346 g/mol. The van der Waals surface area contributed by atoms with Gasteiger partial charge in [0, 0.05) is 23.4 Å². The standard InChI is InChI=1S/C20H21N3O2S/c24-17(21-13-7-3-1-4-8-13)12-11-16-22-19(25)18-14-9-5-2-6-10-15(14)26-20(18)23-16/h1,3-4,7-8H,2,5-6,9-12H2,(H,21,24)(H,22,23,25). The van der Waals surface area contributed by atoms with E-state index in [9.17, 15) is 9.59 Å². The third-order valence-electron chi connectivity index (χ3n) is 4.77. The van der Waals surface area contributed by atoms with Crippen LogP contribution in [0.3, 0.4) is 0 Å². The van der Waals surface area contributed by atoms with Gasteiger partial charge < -0.3 is 10.3 Å². The minimum atomic E-state index is -0.0825. The topological polar surface area (TPSA) is 74.8 Å². The molecule has 0 radical (unpaired) electrons. The van der Waals surface area contributed by atoms with E-state index in [4.69, 9.17) is 0 Å². The fourth-order valence-corrected chi connectivity index (χ4v) is 4.76. The number of rotatable bonds is 4. The van der Waals surface area contributed by atoms with E-state index in [0.29, 0.717) is 12.2 Å². The molecule has 2 aromatic heterocycles. The van der Waals surface area contributed by atoms with Crippen LogP contribution in [0, 0.1) is 0 Å². The van der Waals surface area contributed by atoms with Gasteiger partial charge in [-0.15, -0.1) is 11.3 Å². The maximum atomic E-state index is 12.6. The van der Waals surface area contributed by atoms with Crippen molar-refractivity contribution in [2.45, 2.75) is 44.9 Å². The van der Waals surface area contributed by atoms with Gasteiger partial charge in [-0.2, -0.15) is 0 Å². The van der Waals surface area contributed by atoms with Gasteiger partial charge in [0.25, 0.3) is 5.56 Å². The Balaban J connectivity index is 1.51. The monoisotopic (exact) mass is 367 g/mol.